The predicted molar refractivity (Wildman–Crippen MR) is 110 cm³/mol. The third-order valence-electron chi connectivity index (χ3n) is 6.27. The van der Waals surface area contributed by atoms with E-state index in [4.69, 9.17) is 0 Å². The summed E-state index contributed by atoms with van der Waals surface area (Å²) in [7, 11) is -3.62. The number of benzene rings is 1. The Balaban J connectivity index is 1.46. The average molecular weight is 412 g/mol. The standard InChI is InChI=1S/C22H25N3O3S/c26-22(16-6-7-16)24-13-10-17-14-19(8-9-20(17)24)29(27,28)25-12-2-1-5-21(25)18-4-3-11-23-15-18/h3-4,8-9,11,14-16,21H,1-2,5-7,10,12-13H2. The monoisotopic (exact) mass is 411 g/mol. The SMILES string of the molecule is O=C(C1CC1)N1CCc2cc(S(=O)(=O)N3CCCCC3c3cccnc3)ccc21. The van der Waals surface area contributed by atoms with Gasteiger partial charge in [0.05, 0.1) is 10.9 Å². The third kappa shape index (κ3) is 3.36. The highest BCUT2D eigenvalue weighted by molar-refractivity contribution is 7.89. The number of pyridine rings is 1. The summed E-state index contributed by atoms with van der Waals surface area (Å²) in [4.78, 5) is 18.8. The van der Waals surface area contributed by atoms with Gasteiger partial charge in [-0.05, 0) is 67.5 Å². The van der Waals surface area contributed by atoms with Crippen molar-refractivity contribution >= 4 is 21.6 Å². The number of anilines is 1. The lowest BCUT2D eigenvalue weighted by atomic mass is 9.99. The molecule has 1 atom stereocenters. The fourth-order valence-electron chi connectivity index (χ4n) is 4.55. The first-order valence-electron chi connectivity index (χ1n) is 10.4. The Hall–Kier alpha value is -2.25. The van der Waals surface area contributed by atoms with Crippen LogP contribution in [0.3, 0.4) is 0 Å². The highest BCUT2D eigenvalue weighted by Gasteiger charge is 2.38. The molecule has 1 saturated carbocycles. The number of amides is 1. The molecular weight excluding hydrogens is 386 g/mol. The van der Waals surface area contributed by atoms with Gasteiger partial charge in [0, 0.05) is 37.1 Å². The number of hydrogen-bond donors (Lipinski definition) is 0. The Morgan fingerprint density at radius 2 is 1.93 bits per heavy atom. The molecule has 6 nitrogen and oxygen atoms in total. The molecule has 0 N–H and O–H groups in total. The largest absolute Gasteiger partial charge is 0.312 e. The van der Waals surface area contributed by atoms with Crippen LogP contribution in [0.25, 0.3) is 0 Å². The van der Waals surface area contributed by atoms with Crippen molar-refractivity contribution in [3.05, 3.63) is 53.9 Å². The maximum absolute atomic E-state index is 13.5. The van der Waals surface area contributed by atoms with Gasteiger partial charge in [0.15, 0.2) is 0 Å². The molecular formula is C22H25N3O3S. The topological polar surface area (TPSA) is 70.6 Å². The summed E-state index contributed by atoms with van der Waals surface area (Å²) in [6, 6.07) is 8.90. The number of fused-ring (bicyclic) bond motifs is 1. The number of nitrogens with zero attached hydrogens (tertiary/aromatic N) is 3. The van der Waals surface area contributed by atoms with Gasteiger partial charge in [-0.25, -0.2) is 8.42 Å². The minimum Gasteiger partial charge on any atom is -0.312 e. The molecule has 0 radical (unpaired) electrons. The summed E-state index contributed by atoms with van der Waals surface area (Å²) in [5.74, 6) is 0.352. The second-order valence-corrected chi connectivity index (χ2v) is 10.1. The van der Waals surface area contributed by atoms with E-state index in [0.717, 1.165) is 48.9 Å². The zero-order chi connectivity index (χ0) is 20.0. The van der Waals surface area contributed by atoms with E-state index in [-0.39, 0.29) is 17.9 Å². The molecule has 0 bridgehead atoms. The summed E-state index contributed by atoms with van der Waals surface area (Å²) >= 11 is 0. The van der Waals surface area contributed by atoms with E-state index in [2.05, 4.69) is 4.98 Å². The van der Waals surface area contributed by atoms with Crippen molar-refractivity contribution in [1.82, 2.24) is 9.29 Å². The van der Waals surface area contributed by atoms with Crippen molar-refractivity contribution in [2.24, 2.45) is 5.92 Å². The minimum atomic E-state index is -3.62. The molecule has 1 unspecified atom stereocenters. The Labute approximate surface area is 171 Å². The van der Waals surface area contributed by atoms with Gasteiger partial charge < -0.3 is 4.90 Å². The van der Waals surface area contributed by atoms with E-state index < -0.39 is 10.0 Å². The first-order valence-corrected chi connectivity index (χ1v) is 11.9. The third-order valence-corrected chi connectivity index (χ3v) is 8.17. The lowest BCUT2D eigenvalue weighted by Crippen LogP contribution is -2.38. The van der Waals surface area contributed by atoms with Crippen molar-refractivity contribution in [3.63, 3.8) is 0 Å². The van der Waals surface area contributed by atoms with Crippen molar-refractivity contribution in [3.8, 4) is 0 Å². The summed E-state index contributed by atoms with van der Waals surface area (Å²) in [5.41, 5.74) is 2.77. The van der Waals surface area contributed by atoms with Crippen LogP contribution in [-0.4, -0.2) is 36.7 Å². The van der Waals surface area contributed by atoms with Crippen LogP contribution in [0.2, 0.25) is 0 Å². The van der Waals surface area contributed by atoms with Crippen LogP contribution in [0.5, 0.6) is 0 Å². The molecule has 1 amide bonds. The van der Waals surface area contributed by atoms with E-state index in [9.17, 15) is 13.2 Å². The fourth-order valence-corrected chi connectivity index (χ4v) is 6.29. The average Bonchev–Trinajstić information content (AvgIpc) is 3.53. The zero-order valence-corrected chi connectivity index (χ0v) is 17.1. The Morgan fingerprint density at radius 1 is 1.07 bits per heavy atom. The van der Waals surface area contributed by atoms with Crippen LogP contribution in [0, 0.1) is 5.92 Å². The molecule has 2 aromatic rings. The van der Waals surface area contributed by atoms with E-state index in [1.165, 1.54) is 0 Å². The summed E-state index contributed by atoms with van der Waals surface area (Å²) in [6.07, 6.45) is 8.81. The van der Waals surface area contributed by atoms with Gasteiger partial charge >= 0.3 is 0 Å². The number of aromatic nitrogens is 1. The van der Waals surface area contributed by atoms with Gasteiger partial charge in [-0.2, -0.15) is 4.31 Å². The van der Waals surface area contributed by atoms with Crippen LogP contribution in [0.15, 0.2) is 47.6 Å². The Morgan fingerprint density at radius 3 is 2.69 bits per heavy atom. The molecule has 29 heavy (non-hydrogen) atoms. The van der Waals surface area contributed by atoms with Crippen LogP contribution in [-0.2, 0) is 21.2 Å². The number of hydrogen-bond acceptors (Lipinski definition) is 4. The molecule has 0 spiro atoms. The molecule has 1 saturated heterocycles. The summed E-state index contributed by atoms with van der Waals surface area (Å²) in [6.45, 7) is 1.17. The van der Waals surface area contributed by atoms with Crippen molar-refractivity contribution in [2.45, 2.75) is 49.5 Å². The molecule has 1 aromatic heterocycles. The van der Waals surface area contributed by atoms with Crippen molar-refractivity contribution in [2.75, 3.05) is 18.0 Å². The first kappa shape index (κ1) is 18.8. The van der Waals surface area contributed by atoms with E-state index >= 15 is 0 Å². The van der Waals surface area contributed by atoms with Gasteiger partial charge in [0.2, 0.25) is 15.9 Å². The van der Waals surface area contributed by atoms with Crippen molar-refractivity contribution < 1.29 is 13.2 Å². The molecule has 1 aliphatic carbocycles. The number of piperidine rings is 1. The van der Waals surface area contributed by atoms with Gasteiger partial charge in [0.1, 0.15) is 0 Å². The predicted octanol–water partition coefficient (Wildman–Crippen LogP) is 3.30. The maximum Gasteiger partial charge on any atom is 0.243 e. The van der Waals surface area contributed by atoms with Crippen LogP contribution in [0.4, 0.5) is 5.69 Å². The molecule has 3 aliphatic rings. The highest BCUT2D eigenvalue weighted by Crippen LogP contribution is 2.39. The minimum absolute atomic E-state index is 0.165. The normalized spacial score (nSPS) is 22.5. The molecule has 2 aliphatic heterocycles. The lowest BCUT2D eigenvalue weighted by Gasteiger charge is -2.35. The smallest absolute Gasteiger partial charge is 0.243 e. The maximum atomic E-state index is 13.5. The van der Waals surface area contributed by atoms with Crippen LogP contribution >= 0.6 is 0 Å². The lowest BCUT2D eigenvalue weighted by molar-refractivity contribution is -0.119. The van der Waals surface area contributed by atoms with Crippen LogP contribution < -0.4 is 4.90 Å². The van der Waals surface area contributed by atoms with Gasteiger partial charge in [-0.1, -0.05) is 12.5 Å². The quantitative estimate of drug-likeness (QED) is 0.774. The van der Waals surface area contributed by atoms with Crippen molar-refractivity contribution in [1.29, 1.82) is 0 Å². The number of sulfonamides is 1. The molecule has 3 heterocycles. The zero-order valence-electron chi connectivity index (χ0n) is 16.3. The first-order chi connectivity index (χ1) is 14.1. The number of carbonyl (C=O) groups is 1. The summed E-state index contributed by atoms with van der Waals surface area (Å²) in [5, 5.41) is 0. The van der Waals surface area contributed by atoms with Crippen LogP contribution in [0.1, 0.15) is 49.3 Å². The second kappa shape index (κ2) is 7.22. The number of rotatable bonds is 4. The van der Waals surface area contributed by atoms with E-state index in [1.54, 1.807) is 28.8 Å². The van der Waals surface area contributed by atoms with E-state index in [1.807, 2.05) is 23.1 Å². The molecule has 7 heteroatoms. The fraction of sp³-hybridized carbons (Fsp3) is 0.455. The van der Waals surface area contributed by atoms with Gasteiger partial charge in [-0.15, -0.1) is 0 Å². The van der Waals surface area contributed by atoms with Gasteiger partial charge in [0.25, 0.3) is 0 Å². The molecule has 5 rings (SSSR count). The molecule has 2 fully saturated rings. The number of carbonyl (C=O) groups excluding carboxylic acids is 1. The molecule has 1 aromatic carbocycles. The van der Waals surface area contributed by atoms with E-state index in [0.29, 0.717) is 24.4 Å². The Kier molecular flexibility index (Phi) is 4.67. The molecule has 152 valence electrons. The second-order valence-electron chi connectivity index (χ2n) is 8.22. The summed E-state index contributed by atoms with van der Waals surface area (Å²) < 4.78 is 28.7. The van der Waals surface area contributed by atoms with Gasteiger partial charge in [-0.3, -0.25) is 9.78 Å². The Bertz CT molecular complexity index is 1030. The highest BCUT2D eigenvalue weighted by atomic mass is 32.2.